The van der Waals surface area contributed by atoms with E-state index < -0.39 is 5.91 Å². The van der Waals surface area contributed by atoms with Gasteiger partial charge in [0.1, 0.15) is 11.2 Å². The third-order valence-corrected chi connectivity index (χ3v) is 4.52. The number of aromatic nitrogens is 3. The maximum Gasteiger partial charge on any atom is 0.261 e. The Kier molecular flexibility index (Phi) is 4.08. The van der Waals surface area contributed by atoms with E-state index in [0.29, 0.717) is 22.4 Å². The van der Waals surface area contributed by atoms with Crippen LogP contribution in [0.4, 0.5) is 5.69 Å². The maximum atomic E-state index is 13.0. The molecule has 27 heavy (non-hydrogen) atoms. The molecule has 0 saturated carbocycles. The number of nitrogens with one attached hydrogen (secondary N) is 2. The number of para-hydroxylation sites is 2. The number of H-pyrrole nitrogens is 1. The highest BCUT2D eigenvalue weighted by atomic mass is 16.2. The van der Waals surface area contributed by atoms with Gasteiger partial charge < -0.3 is 10.3 Å². The summed E-state index contributed by atoms with van der Waals surface area (Å²) in [6.45, 7) is 3.66. The summed E-state index contributed by atoms with van der Waals surface area (Å²) in [5.41, 5.74) is 3.30. The molecule has 0 fully saturated rings. The van der Waals surface area contributed by atoms with Crippen molar-refractivity contribution in [1.29, 1.82) is 0 Å². The van der Waals surface area contributed by atoms with Gasteiger partial charge in [0.15, 0.2) is 0 Å². The number of hydrogen-bond acceptors (Lipinski definition) is 3. The Labute approximate surface area is 155 Å². The number of carbonyl (C=O) groups is 1. The Morgan fingerprint density at radius 3 is 2.48 bits per heavy atom. The summed E-state index contributed by atoms with van der Waals surface area (Å²) >= 11 is 0. The molecule has 0 aliphatic carbocycles. The molecule has 0 spiro atoms. The highest BCUT2D eigenvalue weighted by Crippen LogP contribution is 2.19. The van der Waals surface area contributed by atoms with Crippen molar-refractivity contribution in [3.63, 3.8) is 0 Å². The molecule has 0 aliphatic heterocycles. The summed E-state index contributed by atoms with van der Waals surface area (Å²) in [5.74, 6) is -0.445. The Morgan fingerprint density at radius 1 is 1.04 bits per heavy atom. The fraction of sp³-hybridized carbons (Fsp3) is 0.0952. The summed E-state index contributed by atoms with van der Waals surface area (Å²) in [4.78, 5) is 28.7. The number of carbonyl (C=O) groups excluding carboxylic acids is 1. The van der Waals surface area contributed by atoms with Crippen LogP contribution in [0.15, 0.2) is 65.6 Å². The number of pyridine rings is 1. The van der Waals surface area contributed by atoms with Gasteiger partial charge in [-0.05, 0) is 37.6 Å². The van der Waals surface area contributed by atoms with Gasteiger partial charge in [0.05, 0.1) is 16.8 Å². The standard InChI is InChI=1S/C21H18N4O2/c1-13-8-6-7-11-17(13)23-21(27)16-12-22-20-18(19(16)26)14(2)24-25(20)15-9-4-3-5-10-15/h3-12H,1-2H3,(H,22,26)(H,23,27). The number of aromatic amines is 1. The molecule has 134 valence electrons. The van der Waals surface area contributed by atoms with Gasteiger partial charge in [-0.2, -0.15) is 5.10 Å². The molecule has 4 aromatic rings. The minimum atomic E-state index is -0.445. The average molecular weight is 358 g/mol. The van der Waals surface area contributed by atoms with Crippen LogP contribution in [0.2, 0.25) is 0 Å². The molecule has 6 nitrogen and oxygen atoms in total. The quantitative estimate of drug-likeness (QED) is 0.587. The van der Waals surface area contributed by atoms with Crippen LogP contribution in [0.5, 0.6) is 0 Å². The first kappa shape index (κ1) is 16.8. The molecule has 1 amide bonds. The van der Waals surface area contributed by atoms with Crippen molar-refractivity contribution in [3.05, 3.63) is 87.8 Å². The Morgan fingerprint density at radius 2 is 1.74 bits per heavy atom. The number of anilines is 1. The first-order valence-electron chi connectivity index (χ1n) is 8.59. The first-order chi connectivity index (χ1) is 13.1. The van der Waals surface area contributed by atoms with Crippen molar-refractivity contribution in [3.8, 4) is 5.69 Å². The first-order valence-corrected chi connectivity index (χ1v) is 8.59. The molecule has 0 aliphatic rings. The van der Waals surface area contributed by atoms with E-state index in [4.69, 9.17) is 0 Å². The zero-order valence-corrected chi connectivity index (χ0v) is 15.0. The molecule has 0 unspecified atom stereocenters. The van der Waals surface area contributed by atoms with Gasteiger partial charge in [0.2, 0.25) is 5.43 Å². The summed E-state index contributed by atoms with van der Waals surface area (Å²) in [6.07, 6.45) is 1.44. The number of benzene rings is 2. The monoisotopic (exact) mass is 358 g/mol. The second-order valence-corrected chi connectivity index (χ2v) is 6.36. The highest BCUT2D eigenvalue weighted by Gasteiger charge is 2.19. The van der Waals surface area contributed by atoms with E-state index in [2.05, 4.69) is 15.4 Å². The largest absolute Gasteiger partial charge is 0.345 e. The lowest BCUT2D eigenvalue weighted by Gasteiger charge is -2.08. The fourth-order valence-electron chi connectivity index (χ4n) is 3.10. The van der Waals surface area contributed by atoms with Crippen LogP contribution in [0.25, 0.3) is 16.7 Å². The predicted molar refractivity (Wildman–Crippen MR) is 106 cm³/mol. The molecular weight excluding hydrogens is 340 g/mol. The minimum absolute atomic E-state index is 0.0569. The second kappa shape index (κ2) is 6.57. The van der Waals surface area contributed by atoms with Crippen LogP contribution < -0.4 is 10.7 Å². The zero-order chi connectivity index (χ0) is 19.0. The van der Waals surface area contributed by atoms with Crippen LogP contribution in [0, 0.1) is 13.8 Å². The number of fused-ring (bicyclic) bond motifs is 1. The van der Waals surface area contributed by atoms with E-state index >= 15 is 0 Å². The Balaban J connectivity index is 1.79. The van der Waals surface area contributed by atoms with Crippen molar-refractivity contribution >= 4 is 22.6 Å². The average Bonchev–Trinajstić information content (AvgIpc) is 3.02. The third kappa shape index (κ3) is 2.91. The lowest BCUT2D eigenvalue weighted by Crippen LogP contribution is -2.22. The van der Waals surface area contributed by atoms with Crippen molar-refractivity contribution in [2.75, 3.05) is 5.32 Å². The number of amides is 1. The van der Waals surface area contributed by atoms with Crippen LogP contribution in [-0.2, 0) is 0 Å². The normalized spacial score (nSPS) is 10.9. The van der Waals surface area contributed by atoms with Crippen LogP contribution in [0.3, 0.4) is 0 Å². The smallest absolute Gasteiger partial charge is 0.261 e. The van der Waals surface area contributed by atoms with Crippen molar-refractivity contribution < 1.29 is 4.79 Å². The van der Waals surface area contributed by atoms with Gasteiger partial charge in [0, 0.05) is 11.9 Å². The topological polar surface area (TPSA) is 79.8 Å². The van der Waals surface area contributed by atoms with E-state index in [1.807, 2.05) is 55.5 Å². The van der Waals surface area contributed by atoms with Gasteiger partial charge in [-0.1, -0.05) is 36.4 Å². The van der Waals surface area contributed by atoms with Crippen molar-refractivity contribution in [2.45, 2.75) is 13.8 Å². The van der Waals surface area contributed by atoms with Crippen molar-refractivity contribution in [1.82, 2.24) is 14.8 Å². The second-order valence-electron chi connectivity index (χ2n) is 6.36. The lowest BCUT2D eigenvalue weighted by molar-refractivity contribution is 0.102. The molecule has 0 bridgehead atoms. The summed E-state index contributed by atoms with van der Waals surface area (Å²) in [5, 5.41) is 7.69. The lowest BCUT2D eigenvalue weighted by atomic mass is 10.1. The van der Waals surface area contributed by atoms with E-state index in [9.17, 15) is 9.59 Å². The number of nitrogens with zero attached hydrogens (tertiary/aromatic N) is 2. The zero-order valence-electron chi connectivity index (χ0n) is 15.0. The van der Waals surface area contributed by atoms with Gasteiger partial charge in [-0.15, -0.1) is 0 Å². The predicted octanol–water partition coefficient (Wildman–Crippen LogP) is 3.58. The molecule has 0 saturated heterocycles. The van der Waals surface area contributed by atoms with Crippen LogP contribution in [-0.4, -0.2) is 20.7 Å². The maximum absolute atomic E-state index is 13.0. The third-order valence-electron chi connectivity index (χ3n) is 4.52. The van der Waals surface area contributed by atoms with E-state index in [0.717, 1.165) is 11.3 Å². The van der Waals surface area contributed by atoms with Gasteiger partial charge in [0.25, 0.3) is 5.91 Å². The molecule has 4 rings (SSSR count). The number of aryl methyl sites for hydroxylation is 2. The number of hydrogen-bond donors (Lipinski definition) is 2. The fourth-order valence-corrected chi connectivity index (χ4v) is 3.10. The molecule has 6 heteroatoms. The molecule has 2 N–H and O–H groups in total. The molecule has 2 heterocycles. The number of rotatable bonds is 3. The highest BCUT2D eigenvalue weighted by molar-refractivity contribution is 6.06. The van der Waals surface area contributed by atoms with E-state index in [1.54, 1.807) is 17.7 Å². The van der Waals surface area contributed by atoms with Crippen molar-refractivity contribution in [2.24, 2.45) is 0 Å². The van der Waals surface area contributed by atoms with Gasteiger partial charge in [-0.3, -0.25) is 9.59 Å². The van der Waals surface area contributed by atoms with Crippen LogP contribution >= 0.6 is 0 Å². The summed E-state index contributed by atoms with van der Waals surface area (Å²) in [7, 11) is 0. The van der Waals surface area contributed by atoms with E-state index in [1.165, 1.54) is 6.20 Å². The summed E-state index contributed by atoms with van der Waals surface area (Å²) in [6, 6.07) is 17.0. The SMILES string of the molecule is Cc1ccccc1NC(=O)c1c[nH]c2c(c(C)nn2-c2ccccc2)c1=O. The van der Waals surface area contributed by atoms with Crippen LogP contribution in [0.1, 0.15) is 21.6 Å². The minimum Gasteiger partial charge on any atom is -0.345 e. The molecule has 2 aromatic heterocycles. The van der Waals surface area contributed by atoms with Gasteiger partial charge in [-0.25, -0.2) is 4.68 Å². The Bertz CT molecular complexity index is 1210. The molecule has 2 aromatic carbocycles. The summed E-state index contributed by atoms with van der Waals surface area (Å²) < 4.78 is 1.68. The Hall–Kier alpha value is -3.67. The molecule has 0 atom stereocenters. The van der Waals surface area contributed by atoms with E-state index in [-0.39, 0.29) is 11.0 Å². The molecular formula is C21H18N4O2. The van der Waals surface area contributed by atoms with Gasteiger partial charge >= 0.3 is 0 Å². The molecule has 0 radical (unpaired) electrons.